The summed E-state index contributed by atoms with van der Waals surface area (Å²) in [4.78, 5) is 24.4. The van der Waals surface area contributed by atoms with Gasteiger partial charge in [-0.05, 0) is 36.0 Å². The number of carbonyl (C=O) groups is 1. The highest BCUT2D eigenvalue weighted by atomic mass is 16.4. The average Bonchev–Trinajstić information content (AvgIpc) is 2.67. The lowest BCUT2D eigenvalue weighted by molar-refractivity contribution is 0.0945. The van der Waals surface area contributed by atoms with Gasteiger partial charge in [0.2, 0.25) is 0 Å². The summed E-state index contributed by atoms with van der Waals surface area (Å²) in [6.45, 7) is 11.0. The molecule has 0 radical (unpaired) electrons. The van der Waals surface area contributed by atoms with Gasteiger partial charge in [-0.1, -0.05) is 27.7 Å². The Hall–Kier alpha value is -1.84. The SMILES string of the molecule is CCn1c(=O)oc2cc(C(=O)C3C(C)(C)C3(C)C)ccc21. The molecule has 0 unspecified atom stereocenters. The Kier molecular flexibility index (Phi) is 2.75. The number of ketones is 1. The number of carbonyl (C=O) groups excluding carboxylic acids is 1. The van der Waals surface area contributed by atoms with Crippen molar-refractivity contribution in [3.63, 3.8) is 0 Å². The van der Waals surface area contributed by atoms with Crippen molar-refractivity contribution in [3.8, 4) is 0 Å². The zero-order valence-corrected chi connectivity index (χ0v) is 13.2. The lowest BCUT2D eigenvalue weighted by Gasteiger charge is -2.03. The molecule has 0 amide bonds. The number of fused-ring (bicyclic) bond motifs is 1. The van der Waals surface area contributed by atoms with Crippen LogP contribution in [0.1, 0.15) is 45.0 Å². The van der Waals surface area contributed by atoms with E-state index in [1.807, 2.05) is 6.92 Å². The van der Waals surface area contributed by atoms with Crippen LogP contribution < -0.4 is 5.76 Å². The van der Waals surface area contributed by atoms with Crippen LogP contribution in [-0.4, -0.2) is 10.4 Å². The fourth-order valence-corrected chi connectivity index (χ4v) is 3.54. The van der Waals surface area contributed by atoms with Gasteiger partial charge in [0.05, 0.1) is 5.52 Å². The molecule has 0 saturated heterocycles. The topological polar surface area (TPSA) is 52.2 Å². The third kappa shape index (κ3) is 1.74. The van der Waals surface area contributed by atoms with Crippen LogP contribution in [-0.2, 0) is 6.54 Å². The highest BCUT2D eigenvalue weighted by Gasteiger charge is 2.67. The summed E-state index contributed by atoms with van der Waals surface area (Å²) in [6.07, 6.45) is 0. The fraction of sp³-hybridized carbons (Fsp3) is 0.529. The Morgan fingerprint density at radius 1 is 1.24 bits per heavy atom. The van der Waals surface area contributed by atoms with Crippen molar-refractivity contribution in [3.05, 3.63) is 34.3 Å². The third-order valence-electron chi connectivity index (χ3n) is 5.55. The summed E-state index contributed by atoms with van der Waals surface area (Å²) >= 11 is 0. The number of nitrogens with zero attached hydrogens (tertiary/aromatic N) is 1. The van der Waals surface area contributed by atoms with E-state index in [0.29, 0.717) is 17.7 Å². The molecule has 0 aliphatic heterocycles. The molecule has 0 N–H and O–H groups in total. The van der Waals surface area contributed by atoms with E-state index in [2.05, 4.69) is 27.7 Å². The van der Waals surface area contributed by atoms with Gasteiger partial charge in [-0.3, -0.25) is 9.36 Å². The van der Waals surface area contributed by atoms with E-state index in [-0.39, 0.29) is 28.3 Å². The molecule has 21 heavy (non-hydrogen) atoms. The van der Waals surface area contributed by atoms with E-state index in [9.17, 15) is 9.59 Å². The second-order valence-corrected chi connectivity index (χ2v) is 7.04. The van der Waals surface area contributed by atoms with Crippen LogP contribution >= 0.6 is 0 Å². The summed E-state index contributed by atoms with van der Waals surface area (Å²) in [5.41, 5.74) is 1.88. The predicted octanol–water partition coefficient (Wildman–Crippen LogP) is 3.48. The van der Waals surface area contributed by atoms with Crippen molar-refractivity contribution in [2.75, 3.05) is 0 Å². The number of Topliss-reactive ketones (excluding diaryl/α,β-unsaturated/α-hetero) is 1. The molecule has 4 heteroatoms. The number of rotatable bonds is 3. The number of hydrogen-bond donors (Lipinski definition) is 0. The maximum Gasteiger partial charge on any atom is 0.419 e. The Morgan fingerprint density at radius 3 is 2.38 bits per heavy atom. The first-order chi connectivity index (χ1) is 9.71. The molecule has 1 aromatic heterocycles. The lowest BCUT2D eigenvalue weighted by Crippen LogP contribution is -2.12. The summed E-state index contributed by atoms with van der Waals surface area (Å²) < 4.78 is 6.80. The summed E-state index contributed by atoms with van der Waals surface area (Å²) in [6, 6.07) is 5.31. The Balaban J connectivity index is 2.03. The van der Waals surface area contributed by atoms with Gasteiger partial charge in [0, 0.05) is 18.0 Å². The van der Waals surface area contributed by atoms with E-state index >= 15 is 0 Å². The molecule has 0 bridgehead atoms. The first-order valence-electron chi connectivity index (χ1n) is 7.39. The first-order valence-corrected chi connectivity index (χ1v) is 7.39. The standard InChI is InChI=1S/C17H21NO3/c1-6-18-11-8-7-10(9-12(11)21-15(18)20)13(19)14-16(2,3)17(14,4)5/h7-9,14H,6H2,1-5H3. The van der Waals surface area contributed by atoms with Crippen molar-refractivity contribution in [2.24, 2.45) is 16.7 Å². The zero-order valence-electron chi connectivity index (χ0n) is 13.2. The Bertz CT molecular complexity index is 778. The van der Waals surface area contributed by atoms with Crippen molar-refractivity contribution in [1.29, 1.82) is 0 Å². The molecule has 2 aromatic rings. The van der Waals surface area contributed by atoms with Crippen LogP contribution in [0, 0.1) is 16.7 Å². The van der Waals surface area contributed by atoms with Crippen LogP contribution in [0.2, 0.25) is 0 Å². The molecule has 1 aliphatic rings. The minimum Gasteiger partial charge on any atom is -0.408 e. The van der Waals surface area contributed by atoms with Crippen LogP contribution in [0.5, 0.6) is 0 Å². The van der Waals surface area contributed by atoms with Gasteiger partial charge in [-0.25, -0.2) is 4.79 Å². The molecule has 1 heterocycles. The van der Waals surface area contributed by atoms with Crippen molar-refractivity contribution in [1.82, 2.24) is 4.57 Å². The molecule has 1 saturated carbocycles. The van der Waals surface area contributed by atoms with Gasteiger partial charge < -0.3 is 4.42 Å². The molecule has 112 valence electrons. The average molecular weight is 287 g/mol. The number of benzene rings is 1. The van der Waals surface area contributed by atoms with E-state index in [0.717, 1.165) is 5.52 Å². The minimum atomic E-state index is -0.371. The maximum atomic E-state index is 12.7. The Labute approximate surface area is 123 Å². The normalized spacial score (nSPS) is 19.9. The van der Waals surface area contributed by atoms with Crippen molar-refractivity contribution in [2.45, 2.75) is 41.2 Å². The first kappa shape index (κ1) is 14.1. The molecule has 3 rings (SSSR count). The highest BCUT2D eigenvalue weighted by molar-refractivity contribution is 6.03. The Morgan fingerprint density at radius 2 is 1.86 bits per heavy atom. The van der Waals surface area contributed by atoms with E-state index < -0.39 is 0 Å². The fourth-order valence-electron chi connectivity index (χ4n) is 3.54. The second-order valence-electron chi connectivity index (χ2n) is 7.04. The summed E-state index contributed by atoms with van der Waals surface area (Å²) in [5, 5.41) is 0. The van der Waals surface area contributed by atoms with Gasteiger partial charge in [0.1, 0.15) is 0 Å². The molecule has 0 spiro atoms. The van der Waals surface area contributed by atoms with E-state index in [4.69, 9.17) is 4.42 Å². The lowest BCUT2D eigenvalue weighted by atomic mass is 10.0. The largest absolute Gasteiger partial charge is 0.419 e. The number of oxazole rings is 1. The van der Waals surface area contributed by atoms with Crippen LogP contribution in [0.3, 0.4) is 0 Å². The van der Waals surface area contributed by atoms with Gasteiger partial charge in [-0.2, -0.15) is 0 Å². The number of aromatic nitrogens is 1. The monoisotopic (exact) mass is 287 g/mol. The quantitative estimate of drug-likeness (QED) is 0.812. The van der Waals surface area contributed by atoms with Crippen LogP contribution in [0.15, 0.2) is 27.4 Å². The molecule has 1 aliphatic carbocycles. The number of aryl methyl sites for hydroxylation is 1. The van der Waals surface area contributed by atoms with Crippen LogP contribution in [0.25, 0.3) is 11.1 Å². The predicted molar refractivity (Wildman–Crippen MR) is 81.5 cm³/mol. The van der Waals surface area contributed by atoms with Gasteiger partial charge >= 0.3 is 5.76 Å². The molecular formula is C17H21NO3. The zero-order chi connectivity index (χ0) is 15.6. The number of hydrogen-bond acceptors (Lipinski definition) is 3. The molecular weight excluding hydrogens is 266 g/mol. The molecule has 1 fully saturated rings. The maximum absolute atomic E-state index is 12.7. The molecule has 1 aromatic carbocycles. The third-order valence-corrected chi connectivity index (χ3v) is 5.55. The van der Waals surface area contributed by atoms with E-state index in [1.165, 1.54) is 0 Å². The van der Waals surface area contributed by atoms with Gasteiger partial charge in [0.25, 0.3) is 0 Å². The summed E-state index contributed by atoms with van der Waals surface area (Å²) in [5.74, 6) is -0.217. The smallest absolute Gasteiger partial charge is 0.408 e. The highest BCUT2D eigenvalue weighted by Crippen LogP contribution is 2.69. The van der Waals surface area contributed by atoms with E-state index in [1.54, 1.807) is 22.8 Å². The minimum absolute atomic E-state index is 0.00915. The molecule has 0 atom stereocenters. The molecule has 4 nitrogen and oxygen atoms in total. The second kappa shape index (κ2) is 4.09. The summed E-state index contributed by atoms with van der Waals surface area (Å²) in [7, 11) is 0. The van der Waals surface area contributed by atoms with Gasteiger partial charge in [0.15, 0.2) is 11.4 Å². The van der Waals surface area contributed by atoms with Crippen LogP contribution in [0.4, 0.5) is 0 Å². The van der Waals surface area contributed by atoms with Crippen molar-refractivity contribution >= 4 is 16.9 Å². The van der Waals surface area contributed by atoms with Gasteiger partial charge in [-0.15, -0.1) is 0 Å². The van der Waals surface area contributed by atoms with Crippen molar-refractivity contribution < 1.29 is 9.21 Å².